The summed E-state index contributed by atoms with van der Waals surface area (Å²) in [5, 5.41) is 12.8. The largest absolute Gasteiger partial charge is 0.329 e. The van der Waals surface area contributed by atoms with Crippen LogP contribution in [0.5, 0.6) is 0 Å². The highest BCUT2D eigenvalue weighted by Gasteiger charge is 2.22. The Morgan fingerprint density at radius 3 is 2.50 bits per heavy atom. The lowest BCUT2D eigenvalue weighted by Gasteiger charge is -2.15. The van der Waals surface area contributed by atoms with Crippen molar-refractivity contribution < 1.29 is 14.5 Å². The van der Waals surface area contributed by atoms with Crippen LogP contribution in [0.3, 0.4) is 0 Å². The summed E-state index contributed by atoms with van der Waals surface area (Å²) in [6.07, 6.45) is 0. The Hall–Kier alpha value is -2.09. The third kappa shape index (κ3) is 4.88. The van der Waals surface area contributed by atoms with Crippen LogP contribution < -0.4 is 10.0 Å². The molecule has 0 aliphatic carbocycles. The lowest BCUT2D eigenvalue weighted by atomic mass is 10.00. The van der Waals surface area contributed by atoms with Gasteiger partial charge in [-0.05, 0) is 6.07 Å². The first kappa shape index (κ1) is 16.0. The van der Waals surface area contributed by atoms with Gasteiger partial charge in [-0.25, -0.2) is 4.79 Å². The van der Waals surface area contributed by atoms with Crippen molar-refractivity contribution in [3.05, 3.63) is 34.4 Å². The van der Waals surface area contributed by atoms with Crippen molar-refractivity contribution in [2.24, 2.45) is 5.41 Å². The molecule has 108 valence electrons. The predicted octanol–water partition coefficient (Wildman–Crippen LogP) is 2.94. The molecule has 0 atom stereocenters. The van der Waals surface area contributed by atoms with Gasteiger partial charge in [-0.3, -0.25) is 19.6 Å². The molecule has 1 rings (SSSR count). The van der Waals surface area contributed by atoms with Gasteiger partial charge >= 0.3 is 6.03 Å². The topological polar surface area (TPSA) is 101 Å². The summed E-state index contributed by atoms with van der Waals surface area (Å²) in [6.45, 7) is 5.22. The molecule has 8 heteroatoms. The second-order valence-corrected chi connectivity index (χ2v) is 5.78. The maximum Gasteiger partial charge on any atom is 0.329 e. The van der Waals surface area contributed by atoms with Crippen molar-refractivity contribution >= 4 is 34.5 Å². The number of urea groups is 1. The van der Waals surface area contributed by atoms with E-state index in [1.54, 1.807) is 20.8 Å². The summed E-state index contributed by atoms with van der Waals surface area (Å²) in [5.41, 5.74) is -0.412. The van der Waals surface area contributed by atoms with Gasteiger partial charge in [-0.2, -0.15) is 0 Å². The molecular formula is C12H15N3O4S. The summed E-state index contributed by atoms with van der Waals surface area (Å²) in [6, 6.07) is 4.91. The number of hydrogen-bond donors (Lipinski definition) is 2. The molecule has 0 bridgehead atoms. The Morgan fingerprint density at radius 2 is 1.95 bits per heavy atom. The van der Waals surface area contributed by atoms with Gasteiger partial charge in [-0.1, -0.05) is 26.8 Å². The standard InChI is InChI=1S/C12H15N3O4S/c1-12(2,3)10(16)20-14-11(17)13-8-5-4-6-9(7-8)15(18)19/h4-7H,1-3H3,(H2,13,14,17). The highest BCUT2D eigenvalue weighted by molar-refractivity contribution is 8.12. The van der Waals surface area contributed by atoms with E-state index in [2.05, 4.69) is 10.0 Å². The van der Waals surface area contributed by atoms with Gasteiger partial charge in [-0.15, -0.1) is 0 Å². The second-order valence-electron chi connectivity index (χ2n) is 5.00. The number of nitrogens with zero attached hydrogens (tertiary/aromatic N) is 1. The molecule has 0 aromatic heterocycles. The van der Waals surface area contributed by atoms with Crippen LogP contribution in [0.2, 0.25) is 0 Å². The first-order valence-electron chi connectivity index (χ1n) is 5.73. The number of anilines is 1. The Balaban J connectivity index is 2.57. The van der Waals surface area contributed by atoms with Gasteiger partial charge < -0.3 is 5.32 Å². The number of amides is 2. The number of carbonyl (C=O) groups excluding carboxylic acids is 2. The van der Waals surface area contributed by atoms with Crippen molar-refractivity contribution in [2.75, 3.05) is 5.32 Å². The van der Waals surface area contributed by atoms with Crippen molar-refractivity contribution in [1.29, 1.82) is 0 Å². The quantitative estimate of drug-likeness (QED) is 0.496. The van der Waals surface area contributed by atoms with Crippen LogP contribution in [-0.2, 0) is 4.79 Å². The minimum atomic E-state index is -0.618. The summed E-state index contributed by atoms with van der Waals surface area (Å²) < 4.78 is 2.33. The fourth-order valence-electron chi connectivity index (χ4n) is 1.10. The molecule has 2 amide bonds. The molecule has 7 nitrogen and oxygen atoms in total. The Labute approximate surface area is 120 Å². The molecule has 0 spiro atoms. The number of non-ortho nitro benzene ring substituents is 1. The van der Waals surface area contributed by atoms with Gasteiger partial charge in [0.25, 0.3) is 5.69 Å². The fraction of sp³-hybridized carbons (Fsp3) is 0.333. The maximum atomic E-state index is 11.6. The first-order chi connectivity index (χ1) is 9.20. The van der Waals surface area contributed by atoms with E-state index in [-0.39, 0.29) is 16.5 Å². The van der Waals surface area contributed by atoms with E-state index in [0.29, 0.717) is 11.9 Å². The second kappa shape index (κ2) is 6.38. The van der Waals surface area contributed by atoms with E-state index in [1.807, 2.05) is 0 Å². The summed E-state index contributed by atoms with van der Waals surface area (Å²) in [7, 11) is 0. The van der Waals surface area contributed by atoms with Crippen LogP contribution in [0.1, 0.15) is 20.8 Å². The van der Waals surface area contributed by atoms with E-state index in [1.165, 1.54) is 24.3 Å². The summed E-state index contributed by atoms with van der Waals surface area (Å²) >= 11 is 0.686. The number of nitro benzene ring substituents is 1. The number of nitrogens with one attached hydrogen (secondary N) is 2. The van der Waals surface area contributed by atoms with Crippen LogP contribution >= 0.6 is 11.9 Å². The molecule has 1 aromatic rings. The molecule has 0 fully saturated rings. The van der Waals surface area contributed by atoms with Crippen molar-refractivity contribution in [1.82, 2.24) is 4.72 Å². The number of carbonyl (C=O) groups is 2. The Bertz CT molecular complexity index is 540. The molecule has 0 aliphatic heterocycles. The fourth-order valence-corrected chi connectivity index (χ4v) is 1.64. The van der Waals surface area contributed by atoms with Crippen molar-refractivity contribution in [3.8, 4) is 0 Å². The normalized spacial score (nSPS) is 10.8. The van der Waals surface area contributed by atoms with E-state index < -0.39 is 16.4 Å². The number of benzene rings is 1. The summed E-state index contributed by atoms with van der Waals surface area (Å²) in [5.74, 6) is 0. The van der Waals surface area contributed by atoms with Crippen molar-refractivity contribution in [2.45, 2.75) is 20.8 Å². The maximum absolute atomic E-state index is 11.6. The molecule has 0 heterocycles. The van der Waals surface area contributed by atoms with Crippen LogP contribution in [0.25, 0.3) is 0 Å². The smallest absolute Gasteiger partial charge is 0.307 e. The van der Waals surface area contributed by atoms with E-state index in [4.69, 9.17) is 0 Å². The highest BCUT2D eigenvalue weighted by atomic mass is 32.2. The number of hydrogen-bond acceptors (Lipinski definition) is 5. The van der Waals surface area contributed by atoms with Crippen LogP contribution in [0.15, 0.2) is 24.3 Å². The molecule has 2 N–H and O–H groups in total. The Morgan fingerprint density at radius 1 is 1.30 bits per heavy atom. The van der Waals surface area contributed by atoms with Gasteiger partial charge in [0, 0.05) is 35.2 Å². The molecule has 0 unspecified atom stereocenters. The van der Waals surface area contributed by atoms with E-state index in [9.17, 15) is 19.7 Å². The van der Waals surface area contributed by atoms with Gasteiger partial charge in [0.15, 0.2) is 0 Å². The zero-order valence-electron chi connectivity index (χ0n) is 11.3. The van der Waals surface area contributed by atoms with E-state index in [0.717, 1.165) is 0 Å². The van der Waals surface area contributed by atoms with Gasteiger partial charge in [0.1, 0.15) is 0 Å². The number of rotatable bonds is 2. The average Bonchev–Trinajstić information content (AvgIpc) is 2.35. The Kier molecular flexibility index (Phi) is 5.09. The van der Waals surface area contributed by atoms with Gasteiger partial charge in [0.05, 0.1) is 4.92 Å². The molecule has 20 heavy (non-hydrogen) atoms. The van der Waals surface area contributed by atoms with Crippen molar-refractivity contribution in [3.63, 3.8) is 0 Å². The first-order valence-corrected chi connectivity index (χ1v) is 6.54. The molecule has 1 aromatic carbocycles. The van der Waals surface area contributed by atoms with Gasteiger partial charge in [0.2, 0.25) is 5.12 Å². The third-order valence-electron chi connectivity index (χ3n) is 2.16. The highest BCUT2D eigenvalue weighted by Crippen LogP contribution is 2.21. The molecule has 0 saturated carbocycles. The number of nitro groups is 1. The minimum absolute atomic E-state index is 0.124. The molecular weight excluding hydrogens is 282 g/mol. The monoisotopic (exact) mass is 297 g/mol. The lowest BCUT2D eigenvalue weighted by Crippen LogP contribution is -2.27. The predicted molar refractivity (Wildman–Crippen MR) is 77.3 cm³/mol. The summed E-state index contributed by atoms with van der Waals surface area (Å²) in [4.78, 5) is 33.2. The third-order valence-corrected chi connectivity index (χ3v) is 3.25. The SMILES string of the molecule is CC(C)(C)C(=O)SNC(=O)Nc1cccc([N+](=O)[O-])c1. The van der Waals surface area contributed by atoms with E-state index >= 15 is 0 Å². The van der Waals surface area contributed by atoms with Crippen LogP contribution in [0, 0.1) is 15.5 Å². The molecule has 0 radical (unpaired) electrons. The minimum Gasteiger partial charge on any atom is -0.307 e. The van der Waals surface area contributed by atoms with Crippen LogP contribution in [0.4, 0.5) is 16.2 Å². The average molecular weight is 297 g/mol. The zero-order chi connectivity index (χ0) is 15.3. The zero-order valence-corrected chi connectivity index (χ0v) is 12.1. The molecule has 0 saturated heterocycles. The molecule has 0 aliphatic rings. The van der Waals surface area contributed by atoms with Crippen LogP contribution in [-0.4, -0.2) is 16.1 Å². The lowest BCUT2D eigenvalue weighted by molar-refractivity contribution is -0.384.